The van der Waals surface area contributed by atoms with E-state index >= 15 is 0 Å². The van der Waals surface area contributed by atoms with Gasteiger partial charge in [-0.1, -0.05) is 28.9 Å². The summed E-state index contributed by atoms with van der Waals surface area (Å²) in [5, 5.41) is 7.76. The van der Waals surface area contributed by atoms with Crippen LogP contribution in [0.15, 0.2) is 42.5 Å². The Morgan fingerprint density at radius 2 is 1.87 bits per heavy atom. The van der Waals surface area contributed by atoms with Gasteiger partial charge in [-0.05, 0) is 30.3 Å². The number of esters is 1. The second-order valence-corrected chi connectivity index (χ2v) is 8.31. The van der Waals surface area contributed by atoms with Crippen LogP contribution < -0.4 is 0 Å². The molecule has 0 unspecified atom stereocenters. The minimum Gasteiger partial charge on any atom is -0.464 e. The molecule has 2 aromatic carbocycles. The van der Waals surface area contributed by atoms with Crippen LogP contribution in [0.1, 0.15) is 32.1 Å². The number of hydrogen-bond acceptors (Lipinski definition) is 8. The van der Waals surface area contributed by atoms with E-state index < -0.39 is 34.3 Å². The molecule has 3 rings (SSSR count). The molecule has 0 amide bonds. The van der Waals surface area contributed by atoms with Crippen molar-refractivity contribution in [2.45, 2.75) is 6.61 Å². The van der Waals surface area contributed by atoms with E-state index in [1.165, 1.54) is 36.4 Å². The van der Waals surface area contributed by atoms with Gasteiger partial charge in [0.05, 0.1) is 24.6 Å². The Bertz CT molecular complexity index is 1280. The van der Waals surface area contributed by atoms with E-state index in [0.717, 1.165) is 24.1 Å². The second-order valence-electron chi connectivity index (χ2n) is 6.22. The first kappa shape index (κ1) is 22.5. The SMILES string of the molecule is COC(=O)c1nnn(-c2ccc(Cl)cc2C(=O)c2ccccc2F)c1COS(C)(=O)=O. The van der Waals surface area contributed by atoms with Crippen molar-refractivity contribution in [3.05, 3.63) is 75.8 Å². The molecule has 3 aromatic rings. The van der Waals surface area contributed by atoms with Crippen LogP contribution in [0.25, 0.3) is 5.69 Å². The first-order valence-corrected chi connectivity index (χ1v) is 10.8. The van der Waals surface area contributed by atoms with Crippen molar-refractivity contribution in [1.29, 1.82) is 0 Å². The van der Waals surface area contributed by atoms with E-state index in [1.807, 2.05) is 0 Å². The molecule has 0 atom stereocenters. The highest BCUT2D eigenvalue weighted by atomic mass is 35.5. The molecule has 0 aliphatic rings. The molecular weight excluding hydrogens is 453 g/mol. The molecule has 0 spiro atoms. The lowest BCUT2D eigenvalue weighted by Gasteiger charge is -2.12. The summed E-state index contributed by atoms with van der Waals surface area (Å²) in [6, 6.07) is 9.51. The van der Waals surface area contributed by atoms with Crippen LogP contribution in [0.5, 0.6) is 0 Å². The van der Waals surface area contributed by atoms with Gasteiger partial charge in [0.2, 0.25) is 0 Å². The normalized spacial score (nSPS) is 11.4. The Morgan fingerprint density at radius 3 is 2.52 bits per heavy atom. The number of ketones is 1. The highest BCUT2D eigenvalue weighted by Crippen LogP contribution is 2.25. The number of benzene rings is 2. The van der Waals surface area contributed by atoms with Gasteiger partial charge >= 0.3 is 5.97 Å². The zero-order valence-electron chi connectivity index (χ0n) is 16.2. The third-order valence-corrected chi connectivity index (χ3v) is 4.88. The third-order valence-electron chi connectivity index (χ3n) is 4.10. The molecule has 0 N–H and O–H groups in total. The molecule has 1 heterocycles. The molecular formula is C19H15ClFN3O6S. The topological polar surface area (TPSA) is 117 Å². The van der Waals surface area contributed by atoms with Gasteiger partial charge in [-0.15, -0.1) is 5.10 Å². The lowest BCUT2D eigenvalue weighted by molar-refractivity contribution is 0.0590. The standard InChI is InChI=1S/C19H15ClFN3O6S/c1-29-19(26)17-16(10-30-31(2,27)28)24(23-22-17)15-8-7-11(20)9-13(15)18(25)12-5-3-4-6-14(12)21/h3-9H,10H2,1-2H3. The van der Waals surface area contributed by atoms with Gasteiger partial charge in [-0.3, -0.25) is 8.98 Å². The quantitative estimate of drug-likeness (QED) is 0.295. The molecule has 0 saturated heterocycles. The maximum absolute atomic E-state index is 14.2. The average molecular weight is 468 g/mol. The number of carbonyl (C=O) groups is 2. The molecule has 0 aliphatic carbocycles. The maximum Gasteiger partial charge on any atom is 0.360 e. The zero-order valence-corrected chi connectivity index (χ0v) is 17.8. The van der Waals surface area contributed by atoms with Crippen LogP contribution in [0, 0.1) is 5.82 Å². The van der Waals surface area contributed by atoms with Crippen molar-refractivity contribution in [3.63, 3.8) is 0 Å². The average Bonchev–Trinajstić information content (AvgIpc) is 3.14. The third kappa shape index (κ3) is 4.95. The summed E-state index contributed by atoms with van der Waals surface area (Å²) in [7, 11) is -2.78. The lowest BCUT2D eigenvalue weighted by atomic mass is 10.0. The van der Waals surface area contributed by atoms with Crippen LogP contribution >= 0.6 is 11.6 Å². The molecule has 0 radical (unpaired) electrons. The Labute approximate surface area is 181 Å². The van der Waals surface area contributed by atoms with Crippen LogP contribution in [-0.4, -0.2) is 48.5 Å². The van der Waals surface area contributed by atoms with Crippen LogP contribution in [0.2, 0.25) is 5.02 Å². The molecule has 162 valence electrons. The van der Waals surface area contributed by atoms with Crippen molar-refractivity contribution < 1.29 is 31.3 Å². The highest BCUT2D eigenvalue weighted by molar-refractivity contribution is 7.85. The van der Waals surface area contributed by atoms with Gasteiger partial charge in [0.15, 0.2) is 11.5 Å². The van der Waals surface area contributed by atoms with Gasteiger partial charge in [0.25, 0.3) is 10.1 Å². The van der Waals surface area contributed by atoms with Crippen LogP contribution in [-0.2, 0) is 25.6 Å². The smallest absolute Gasteiger partial charge is 0.360 e. The van der Waals surface area contributed by atoms with Gasteiger partial charge in [0, 0.05) is 10.6 Å². The van der Waals surface area contributed by atoms with Crippen molar-refractivity contribution in [2.75, 3.05) is 13.4 Å². The molecule has 0 saturated carbocycles. The van der Waals surface area contributed by atoms with Gasteiger partial charge in [0.1, 0.15) is 18.1 Å². The minimum absolute atomic E-state index is 0.0560. The fourth-order valence-corrected chi connectivity index (χ4v) is 3.21. The van der Waals surface area contributed by atoms with E-state index in [2.05, 4.69) is 15.0 Å². The number of ether oxygens (including phenoxy) is 1. The molecule has 1 aromatic heterocycles. The summed E-state index contributed by atoms with van der Waals surface area (Å²) in [4.78, 5) is 25.1. The van der Waals surface area contributed by atoms with E-state index in [4.69, 9.17) is 15.8 Å². The summed E-state index contributed by atoms with van der Waals surface area (Å²) >= 11 is 6.05. The number of aromatic nitrogens is 3. The van der Waals surface area contributed by atoms with E-state index in [-0.39, 0.29) is 33.2 Å². The number of carbonyl (C=O) groups excluding carboxylic acids is 2. The van der Waals surface area contributed by atoms with Crippen LogP contribution in [0.3, 0.4) is 0 Å². The Balaban J connectivity index is 2.19. The molecule has 0 fully saturated rings. The predicted molar refractivity (Wildman–Crippen MR) is 107 cm³/mol. The first-order valence-electron chi connectivity index (χ1n) is 8.59. The van der Waals surface area contributed by atoms with Gasteiger partial charge in [-0.25, -0.2) is 13.9 Å². The molecule has 31 heavy (non-hydrogen) atoms. The number of hydrogen-bond donors (Lipinski definition) is 0. The number of rotatable bonds is 7. The summed E-state index contributed by atoms with van der Waals surface area (Å²) in [5.41, 5.74) is -0.604. The van der Waals surface area contributed by atoms with Crippen molar-refractivity contribution >= 4 is 33.5 Å². The number of methoxy groups -OCH3 is 1. The fourth-order valence-electron chi connectivity index (χ4n) is 2.71. The van der Waals surface area contributed by atoms with Gasteiger partial charge < -0.3 is 4.74 Å². The summed E-state index contributed by atoms with van der Waals surface area (Å²) in [6.07, 6.45) is 0.828. The Hall–Kier alpha value is -3.15. The maximum atomic E-state index is 14.2. The first-order chi connectivity index (χ1) is 14.6. The van der Waals surface area contributed by atoms with E-state index in [9.17, 15) is 22.4 Å². The molecule has 12 heteroatoms. The zero-order chi connectivity index (χ0) is 22.8. The minimum atomic E-state index is -3.89. The lowest BCUT2D eigenvalue weighted by Crippen LogP contribution is -2.15. The number of nitrogens with zero attached hydrogens (tertiary/aromatic N) is 3. The molecule has 0 aliphatic heterocycles. The molecule has 0 bridgehead atoms. The van der Waals surface area contributed by atoms with Crippen molar-refractivity contribution in [1.82, 2.24) is 15.0 Å². The monoisotopic (exact) mass is 467 g/mol. The highest BCUT2D eigenvalue weighted by Gasteiger charge is 2.26. The summed E-state index contributed by atoms with van der Waals surface area (Å²) in [6.45, 7) is -0.619. The Morgan fingerprint density at radius 1 is 1.16 bits per heavy atom. The van der Waals surface area contributed by atoms with E-state index in [1.54, 1.807) is 0 Å². The van der Waals surface area contributed by atoms with Crippen molar-refractivity contribution in [2.24, 2.45) is 0 Å². The second kappa shape index (κ2) is 8.92. The summed E-state index contributed by atoms with van der Waals surface area (Å²) < 4.78 is 47.6. The fraction of sp³-hybridized carbons (Fsp3) is 0.158. The predicted octanol–water partition coefficient (Wildman–Crippen LogP) is 2.55. The Kier molecular flexibility index (Phi) is 6.48. The summed E-state index contributed by atoms with van der Waals surface area (Å²) in [5.74, 6) is -2.34. The van der Waals surface area contributed by atoms with Crippen LogP contribution in [0.4, 0.5) is 4.39 Å². The molecule has 9 nitrogen and oxygen atoms in total. The number of halogens is 2. The van der Waals surface area contributed by atoms with E-state index in [0.29, 0.717) is 0 Å². The van der Waals surface area contributed by atoms with Crippen molar-refractivity contribution in [3.8, 4) is 5.69 Å². The van der Waals surface area contributed by atoms with Gasteiger partial charge in [-0.2, -0.15) is 8.42 Å². The largest absolute Gasteiger partial charge is 0.464 e.